The molecule has 7 heteroatoms. The number of rotatable bonds is 5. The summed E-state index contributed by atoms with van der Waals surface area (Å²) in [6, 6.07) is 5.70. The number of nitriles is 1. The highest BCUT2D eigenvalue weighted by Gasteiger charge is 2.23. The van der Waals surface area contributed by atoms with Gasteiger partial charge >= 0.3 is 0 Å². The highest BCUT2D eigenvalue weighted by molar-refractivity contribution is 6.29. The largest absolute Gasteiger partial charge is 0.370 e. The normalized spacial score (nSPS) is 18.0. The van der Waals surface area contributed by atoms with E-state index in [2.05, 4.69) is 26.3 Å². The van der Waals surface area contributed by atoms with Gasteiger partial charge in [-0.15, -0.1) is 0 Å². The number of pyridine rings is 1. The van der Waals surface area contributed by atoms with Crippen molar-refractivity contribution in [1.29, 1.82) is 5.26 Å². The second kappa shape index (κ2) is 6.99. The Bertz CT molecular complexity index is 702. The van der Waals surface area contributed by atoms with Crippen molar-refractivity contribution in [3.05, 3.63) is 41.1 Å². The van der Waals surface area contributed by atoms with Gasteiger partial charge in [-0.1, -0.05) is 11.6 Å². The van der Waals surface area contributed by atoms with Crippen molar-refractivity contribution >= 4 is 17.4 Å². The maximum Gasteiger partial charge on any atom is 0.128 e. The van der Waals surface area contributed by atoms with E-state index in [0.29, 0.717) is 16.6 Å². The van der Waals surface area contributed by atoms with E-state index in [9.17, 15) is 0 Å². The number of hydrogen-bond acceptors (Lipinski definition) is 5. The number of aromatic nitrogens is 3. The van der Waals surface area contributed by atoms with Crippen LogP contribution in [-0.4, -0.2) is 39.1 Å². The molecule has 0 amide bonds. The predicted octanol–water partition coefficient (Wildman–Crippen LogP) is 2.27. The minimum absolute atomic E-state index is 0.580. The Morgan fingerprint density at radius 3 is 2.91 bits per heavy atom. The minimum Gasteiger partial charge on any atom is -0.370 e. The molecule has 0 bridgehead atoms. The van der Waals surface area contributed by atoms with Gasteiger partial charge in [0.05, 0.1) is 18.3 Å². The van der Waals surface area contributed by atoms with Crippen LogP contribution in [0.25, 0.3) is 0 Å². The van der Waals surface area contributed by atoms with Gasteiger partial charge in [-0.2, -0.15) is 5.26 Å². The lowest BCUT2D eigenvalue weighted by atomic mass is 10.1. The Labute approximate surface area is 140 Å². The first-order valence-electron chi connectivity index (χ1n) is 7.64. The van der Waals surface area contributed by atoms with Crippen molar-refractivity contribution in [3.63, 3.8) is 0 Å². The van der Waals surface area contributed by atoms with Gasteiger partial charge in [-0.3, -0.25) is 4.90 Å². The van der Waals surface area contributed by atoms with Crippen LogP contribution < -0.4 is 5.32 Å². The summed E-state index contributed by atoms with van der Waals surface area (Å²) >= 11 is 6.03. The Morgan fingerprint density at radius 1 is 1.39 bits per heavy atom. The highest BCUT2D eigenvalue weighted by atomic mass is 35.5. The van der Waals surface area contributed by atoms with E-state index in [1.54, 1.807) is 18.5 Å². The van der Waals surface area contributed by atoms with Gasteiger partial charge in [-0.25, -0.2) is 9.97 Å². The molecule has 0 aliphatic carbocycles. The molecular formula is C16H19ClN6. The molecule has 2 aromatic rings. The Balaban J connectivity index is 1.48. The molecule has 120 valence electrons. The van der Waals surface area contributed by atoms with Gasteiger partial charge in [0.25, 0.3) is 0 Å². The van der Waals surface area contributed by atoms with E-state index in [4.69, 9.17) is 16.9 Å². The molecule has 1 fully saturated rings. The molecule has 0 saturated carbocycles. The van der Waals surface area contributed by atoms with Crippen LogP contribution in [0.1, 0.15) is 17.8 Å². The first-order valence-corrected chi connectivity index (χ1v) is 8.02. The third-order valence-electron chi connectivity index (χ3n) is 4.23. The lowest BCUT2D eigenvalue weighted by Crippen LogP contribution is -2.24. The summed E-state index contributed by atoms with van der Waals surface area (Å²) in [5, 5.41) is 12.8. The Kier molecular flexibility index (Phi) is 4.79. The summed E-state index contributed by atoms with van der Waals surface area (Å²) in [5.74, 6) is 2.40. The third-order valence-corrected chi connectivity index (χ3v) is 4.58. The standard InChI is InChI=1S/C16H19ClN6/c1-22-14(17)9-21-16(22)11-23-5-4-13(10-23)8-20-15-3-2-12(6-18)7-19-15/h2-3,7,9,13H,4-5,8,10-11H2,1H3,(H,19,20)/t13-/m0/s1. The summed E-state index contributed by atoms with van der Waals surface area (Å²) in [4.78, 5) is 11.0. The predicted molar refractivity (Wildman–Crippen MR) is 89.0 cm³/mol. The molecule has 0 radical (unpaired) electrons. The van der Waals surface area contributed by atoms with E-state index in [1.807, 2.05) is 17.7 Å². The van der Waals surface area contributed by atoms with Crippen LogP contribution in [0, 0.1) is 17.2 Å². The number of anilines is 1. The van der Waals surface area contributed by atoms with Crippen molar-refractivity contribution < 1.29 is 0 Å². The number of hydrogen-bond donors (Lipinski definition) is 1. The fourth-order valence-corrected chi connectivity index (χ4v) is 2.95. The zero-order valence-corrected chi connectivity index (χ0v) is 13.8. The number of likely N-dealkylation sites (tertiary alicyclic amines) is 1. The van der Waals surface area contributed by atoms with Gasteiger partial charge in [0.2, 0.25) is 0 Å². The van der Waals surface area contributed by atoms with Gasteiger partial charge < -0.3 is 9.88 Å². The van der Waals surface area contributed by atoms with Crippen LogP contribution >= 0.6 is 11.6 Å². The molecule has 3 heterocycles. The summed E-state index contributed by atoms with van der Waals surface area (Å²) in [5.41, 5.74) is 0.580. The average Bonchev–Trinajstić information content (AvgIpc) is 3.15. The van der Waals surface area contributed by atoms with Crippen molar-refractivity contribution in [2.24, 2.45) is 13.0 Å². The SMILES string of the molecule is Cn1c(Cl)cnc1CN1CC[C@@H](CNc2ccc(C#N)cn2)C1. The molecule has 6 nitrogen and oxygen atoms in total. The molecule has 0 spiro atoms. The first kappa shape index (κ1) is 15.8. The molecule has 3 rings (SSSR count). The molecule has 1 aliphatic heterocycles. The smallest absolute Gasteiger partial charge is 0.128 e. The van der Waals surface area contributed by atoms with E-state index < -0.39 is 0 Å². The molecule has 0 aromatic carbocycles. The average molecular weight is 331 g/mol. The van der Waals surface area contributed by atoms with E-state index in [0.717, 1.165) is 44.2 Å². The van der Waals surface area contributed by atoms with Crippen LogP contribution in [0.5, 0.6) is 0 Å². The van der Waals surface area contributed by atoms with Crippen LogP contribution in [0.3, 0.4) is 0 Å². The number of nitrogens with zero attached hydrogens (tertiary/aromatic N) is 5. The molecule has 0 unspecified atom stereocenters. The second-order valence-electron chi connectivity index (χ2n) is 5.87. The van der Waals surface area contributed by atoms with E-state index >= 15 is 0 Å². The monoisotopic (exact) mass is 330 g/mol. The molecule has 1 saturated heterocycles. The molecule has 2 aromatic heterocycles. The third kappa shape index (κ3) is 3.81. The number of imidazole rings is 1. The Hall–Kier alpha value is -2.10. The zero-order chi connectivity index (χ0) is 16.2. The van der Waals surface area contributed by atoms with Gasteiger partial charge in [0.1, 0.15) is 22.9 Å². The van der Waals surface area contributed by atoms with Gasteiger partial charge in [-0.05, 0) is 31.0 Å². The van der Waals surface area contributed by atoms with E-state index in [-0.39, 0.29) is 0 Å². The summed E-state index contributed by atoms with van der Waals surface area (Å²) in [6.45, 7) is 3.82. The number of nitrogens with one attached hydrogen (secondary N) is 1. The fourth-order valence-electron chi connectivity index (χ4n) is 2.81. The molecule has 1 atom stereocenters. The van der Waals surface area contributed by atoms with Crippen LogP contribution in [-0.2, 0) is 13.6 Å². The minimum atomic E-state index is 0.580. The van der Waals surface area contributed by atoms with Crippen LogP contribution in [0.2, 0.25) is 5.15 Å². The summed E-state index contributed by atoms with van der Waals surface area (Å²) in [7, 11) is 1.94. The molecule has 23 heavy (non-hydrogen) atoms. The van der Waals surface area contributed by atoms with Gasteiger partial charge in [0, 0.05) is 26.3 Å². The number of halogens is 1. The molecule has 1 N–H and O–H groups in total. The molecular weight excluding hydrogens is 312 g/mol. The maximum atomic E-state index is 8.77. The lowest BCUT2D eigenvalue weighted by Gasteiger charge is -2.16. The zero-order valence-electron chi connectivity index (χ0n) is 13.0. The summed E-state index contributed by atoms with van der Waals surface area (Å²) in [6.07, 6.45) is 4.44. The van der Waals surface area contributed by atoms with Crippen molar-refractivity contribution in [2.45, 2.75) is 13.0 Å². The quantitative estimate of drug-likeness (QED) is 0.910. The fraction of sp³-hybridized carbons (Fsp3) is 0.438. The Morgan fingerprint density at radius 2 is 2.26 bits per heavy atom. The van der Waals surface area contributed by atoms with Crippen LogP contribution in [0.15, 0.2) is 24.5 Å². The topological polar surface area (TPSA) is 69.8 Å². The van der Waals surface area contributed by atoms with Crippen molar-refractivity contribution in [3.8, 4) is 6.07 Å². The van der Waals surface area contributed by atoms with E-state index in [1.165, 1.54) is 0 Å². The maximum absolute atomic E-state index is 8.77. The lowest BCUT2D eigenvalue weighted by molar-refractivity contribution is 0.307. The van der Waals surface area contributed by atoms with Crippen molar-refractivity contribution in [2.75, 3.05) is 25.0 Å². The molecule has 1 aliphatic rings. The van der Waals surface area contributed by atoms with Crippen LogP contribution in [0.4, 0.5) is 5.82 Å². The second-order valence-corrected chi connectivity index (χ2v) is 6.26. The summed E-state index contributed by atoms with van der Waals surface area (Å²) < 4.78 is 1.92. The van der Waals surface area contributed by atoms with Crippen molar-refractivity contribution in [1.82, 2.24) is 19.4 Å². The first-order chi connectivity index (χ1) is 11.2. The highest BCUT2D eigenvalue weighted by Crippen LogP contribution is 2.20. The van der Waals surface area contributed by atoms with Gasteiger partial charge in [0.15, 0.2) is 0 Å².